The van der Waals surface area contributed by atoms with E-state index < -0.39 is 18.4 Å². The van der Waals surface area contributed by atoms with Crippen molar-refractivity contribution in [2.24, 2.45) is 0 Å². The van der Waals surface area contributed by atoms with E-state index >= 15 is 0 Å². The molecule has 1 heterocycles. The molecule has 0 spiro atoms. The van der Waals surface area contributed by atoms with Gasteiger partial charge in [-0.3, -0.25) is 9.59 Å². The molecule has 0 atom stereocenters. The van der Waals surface area contributed by atoms with Gasteiger partial charge in [0.15, 0.2) is 0 Å². The SMILES string of the molecule is C=CCN(CC(=O)O)C(=O)c1noc(C)n1. The maximum absolute atomic E-state index is 11.7. The third kappa shape index (κ3) is 2.91. The average molecular weight is 225 g/mol. The summed E-state index contributed by atoms with van der Waals surface area (Å²) >= 11 is 0. The number of amides is 1. The molecule has 16 heavy (non-hydrogen) atoms. The number of carbonyl (C=O) groups excluding carboxylic acids is 1. The van der Waals surface area contributed by atoms with Gasteiger partial charge in [-0.05, 0) is 0 Å². The second kappa shape index (κ2) is 5.06. The zero-order valence-electron chi connectivity index (χ0n) is 8.71. The lowest BCUT2D eigenvalue weighted by molar-refractivity contribution is -0.137. The Bertz CT molecular complexity index is 413. The lowest BCUT2D eigenvalue weighted by Gasteiger charge is -2.16. The zero-order chi connectivity index (χ0) is 12.1. The molecule has 1 N–H and O–H groups in total. The van der Waals surface area contributed by atoms with E-state index in [0.717, 1.165) is 4.90 Å². The molecule has 0 fully saturated rings. The molecule has 0 radical (unpaired) electrons. The topological polar surface area (TPSA) is 96.5 Å². The zero-order valence-corrected chi connectivity index (χ0v) is 8.71. The lowest BCUT2D eigenvalue weighted by Crippen LogP contribution is -2.36. The van der Waals surface area contributed by atoms with Crippen LogP contribution in [0.2, 0.25) is 0 Å². The molecule has 0 aliphatic carbocycles. The Morgan fingerprint density at radius 3 is 2.75 bits per heavy atom. The minimum absolute atomic E-state index is 0.110. The van der Waals surface area contributed by atoms with Crippen LogP contribution >= 0.6 is 0 Å². The van der Waals surface area contributed by atoms with Gasteiger partial charge in [-0.15, -0.1) is 6.58 Å². The summed E-state index contributed by atoms with van der Waals surface area (Å²) in [6.07, 6.45) is 1.42. The van der Waals surface area contributed by atoms with Gasteiger partial charge < -0.3 is 14.5 Å². The third-order valence-corrected chi connectivity index (χ3v) is 1.68. The molecular formula is C9H11N3O4. The molecule has 1 aromatic rings. The van der Waals surface area contributed by atoms with E-state index in [-0.39, 0.29) is 18.3 Å². The van der Waals surface area contributed by atoms with Crippen molar-refractivity contribution in [1.82, 2.24) is 15.0 Å². The fourth-order valence-electron chi connectivity index (χ4n) is 1.07. The van der Waals surface area contributed by atoms with E-state index in [2.05, 4.69) is 21.2 Å². The van der Waals surface area contributed by atoms with Gasteiger partial charge in [0.05, 0.1) is 0 Å². The van der Waals surface area contributed by atoms with Gasteiger partial charge in [0.1, 0.15) is 6.54 Å². The molecule has 0 aliphatic heterocycles. The first-order valence-electron chi connectivity index (χ1n) is 4.47. The summed E-state index contributed by atoms with van der Waals surface area (Å²) in [5.41, 5.74) is 0. The maximum atomic E-state index is 11.7. The summed E-state index contributed by atoms with van der Waals surface area (Å²) in [7, 11) is 0. The van der Waals surface area contributed by atoms with Crippen LogP contribution in [0.4, 0.5) is 0 Å². The fraction of sp³-hybridized carbons (Fsp3) is 0.333. The number of carboxylic acids is 1. The molecular weight excluding hydrogens is 214 g/mol. The first-order chi connectivity index (χ1) is 7.54. The Balaban J connectivity index is 2.81. The minimum atomic E-state index is -1.12. The number of rotatable bonds is 5. The molecule has 86 valence electrons. The molecule has 0 aromatic carbocycles. The summed E-state index contributed by atoms with van der Waals surface area (Å²) in [6.45, 7) is 4.66. The van der Waals surface area contributed by atoms with E-state index in [4.69, 9.17) is 5.11 Å². The maximum Gasteiger partial charge on any atom is 0.323 e. The molecule has 1 aromatic heterocycles. The molecule has 1 amide bonds. The first kappa shape index (κ1) is 11.9. The van der Waals surface area contributed by atoms with Crippen molar-refractivity contribution in [2.45, 2.75) is 6.92 Å². The Morgan fingerprint density at radius 1 is 1.62 bits per heavy atom. The highest BCUT2D eigenvalue weighted by atomic mass is 16.5. The van der Waals surface area contributed by atoms with Gasteiger partial charge in [0.2, 0.25) is 5.89 Å². The third-order valence-electron chi connectivity index (χ3n) is 1.68. The lowest BCUT2D eigenvalue weighted by atomic mass is 10.4. The van der Waals surface area contributed by atoms with Gasteiger partial charge in [0, 0.05) is 13.5 Å². The second-order valence-electron chi connectivity index (χ2n) is 3.01. The number of hydrogen-bond donors (Lipinski definition) is 1. The monoisotopic (exact) mass is 225 g/mol. The van der Waals surface area contributed by atoms with Crippen LogP contribution in [0.25, 0.3) is 0 Å². The van der Waals surface area contributed by atoms with Gasteiger partial charge in [-0.1, -0.05) is 11.2 Å². The van der Waals surface area contributed by atoms with Gasteiger partial charge in [0.25, 0.3) is 11.7 Å². The highest BCUT2D eigenvalue weighted by Crippen LogP contribution is 2.01. The van der Waals surface area contributed by atoms with Crippen molar-refractivity contribution in [2.75, 3.05) is 13.1 Å². The molecule has 0 bridgehead atoms. The number of hydrogen-bond acceptors (Lipinski definition) is 5. The van der Waals surface area contributed by atoms with Crippen LogP contribution < -0.4 is 0 Å². The molecule has 0 saturated carbocycles. The Hall–Kier alpha value is -2.18. The Kier molecular flexibility index (Phi) is 3.76. The smallest absolute Gasteiger partial charge is 0.323 e. The summed E-state index contributed by atoms with van der Waals surface area (Å²) in [4.78, 5) is 27.0. The van der Waals surface area contributed by atoms with E-state index in [1.165, 1.54) is 6.08 Å². The van der Waals surface area contributed by atoms with Crippen LogP contribution in [0.15, 0.2) is 17.2 Å². The highest BCUT2D eigenvalue weighted by Gasteiger charge is 2.21. The van der Waals surface area contributed by atoms with Crippen LogP contribution in [-0.4, -0.2) is 45.1 Å². The molecule has 0 aliphatic rings. The minimum Gasteiger partial charge on any atom is -0.480 e. The van der Waals surface area contributed by atoms with Gasteiger partial charge >= 0.3 is 5.97 Å². The van der Waals surface area contributed by atoms with Crippen LogP contribution in [0.5, 0.6) is 0 Å². The van der Waals surface area contributed by atoms with Gasteiger partial charge in [-0.25, -0.2) is 0 Å². The van der Waals surface area contributed by atoms with Crippen molar-refractivity contribution in [3.05, 3.63) is 24.4 Å². The molecule has 7 nitrogen and oxygen atoms in total. The number of nitrogens with zero attached hydrogens (tertiary/aromatic N) is 3. The second-order valence-corrected chi connectivity index (χ2v) is 3.01. The van der Waals surface area contributed by atoms with Crippen LogP contribution in [0.3, 0.4) is 0 Å². The van der Waals surface area contributed by atoms with Crippen molar-refractivity contribution in [1.29, 1.82) is 0 Å². The van der Waals surface area contributed by atoms with Crippen molar-refractivity contribution in [3.8, 4) is 0 Å². The Labute approximate surface area is 91.4 Å². The summed E-state index contributed by atoms with van der Waals surface area (Å²) in [6, 6.07) is 0. The highest BCUT2D eigenvalue weighted by molar-refractivity contribution is 5.92. The van der Waals surface area contributed by atoms with E-state index in [1.807, 2.05) is 0 Å². The summed E-state index contributed by atoms with van der Waals surface area (Å²) in [5, 5.41) is 12.0. The molecule has 7 heteroatoms. The standard InChI is InChI=1S/C9H11N3O4/c1-3-4-12(5-7(13)14)9(15)8-10-6(2)16-11-8/h3H,1,4-5H2,2H3,(H,13,14). The van der Waals surface area contributed by atoms with Crippen molar-refractivity contribution >= 4 is 11.9 Å². The largest absolute Gasteiger partial charge is 0.480 e. The predicted molar refractivity (Wildman–Crippen MR) is 52.8 cm³/mol. The normalized spacial score (nSPS) is 9.81. The summed E-state index contributed by atoms with van der Waals surface area (Å²) < 4.78 is 4.64. The fourth-order valence-corrected chi connectivity index (χ4v) is 1.07. The first-order valence-corrected chi connectivity index (χ1v) is 4.47. The quantitative estimate of drug-likeness (QED) is 0.713. The molecule has 0 saturated heterocycles. The predicted octanol–water partition coefficient (Wildman–Crippen LogP) is 0.0908. The summed E-state index contributed by atoms with van der Waals surface area (Å²) in [5.74, 6) is -1.62. The van der Waals surface area contributed by atoms with Crippen LogP contribution in [-0.2, 0) is 4.79 Å². The Morgan fingerprint density at radius 2 is 2.31 bits per heavy atom. The van der Waals surface area contributed by atoms with E-state index in [1.54, 1.807) is 6.92 Å². The molecule has 1 rings (SSSR count). The number of aromatic nitrogens is 2. The van der Waals surface area contributed by atoms with Crippen LogP contribution in [0.1, 0.15) is 16.5 Å². The van der Waals surface area contributed by atoms with E-state index in [0.29, 0.717) is 0 Å². The van der Waals surface area contributed by atoms with Crippen molar-refractivity contribution in [3.63, 3.8) is 0 Å². The number of aliphatic carboxylic acids is 1. The van der Waals surface area contributed by atoms with Crippen LogP contribution in [0, 0.1) is 6.92 Å². The van der Waals surface area contributed by atoms with Gasteiger partial charge in [-0.2, -0.15) is 4.98 Å². The van der Waals surface area contributed by atoms with Crippen molar-refractivity contribution < 1.29 is 19.2 Å². The number of carboxylic acid groups (broad SMARTS) is 1. The average Bonchev–Trinajstić information content (AvgIpc) is 2.62. The van der Waals surface area contributed by atoms with E-state index in [9.17, 15) is 9.59 Å². The molecule has 0 unspecified atom stereocenters. The number of aryl methyl sites for hydroxylation is 1. The number of carbonyl (C=O) groups is 2.